The first-order valence-corrected chi connectivity index (χ1v) is 14.7. The molecule has 0 nitrogen and oxygen atoms in total. The minimum Gasteiger partial charge on any atom is -0.0817 e. The lowest BCUT2D eigenvalue weighted by Gasteiger charge is -2.03. The second-order valence-corrected chi connectivity index (χ2v) is 15.0. The van der Waals surface area contributed by atoms with E-state index in [1.54, 1.807) is 0 Å². The van der Waals surface area contributed by atoms with Crippen LogP contribution in [0.15, 0.2) is 0 Å². The Hall–Kier alpha value is 2.45. The standard InChI is InChI=1S/C9H18S7/c1-2-4-6-8-10-12-14-16-15-13-11-9-7-5-3-1/h1-9H2. The van der Waals surface area contributed by atoms with Crippen LogP contribution in [0.4, 0.5) is 0 Å². The molecule has 0 atom stereocenters. The zero-order valence-corrected chi connectivity index (χ0v) is 14.9. The summed E-state index contributed by atoms with van der Waals surface area (Å²) in [5.41, 5.74) is 0. The van der Waals surface area contributed by atoms with Crippen LogP contribution in [0, 0.1) is 0 Å². The molecule has 0 N–H and O–H groups in total. The molecule has 0 spiro atoms. The lowest BCUT2D eigenvalue weighted by molar-refractivity contribution is 0.606. The fraction of sp³-hybridized carbons (Fsp3) is 1.00. The molecule has 0 aromatic carbocycles. The predicted octanol–water partition coefficient (Wildman–Crippen LogP) is 7.35. The van der Waals surface area contributed by atoms with Crippen LogP contribution in [-0.2, 0) is 0 Å². The molecule has 1 fully saturated rings. The van der Waals surface area contributed by atoms with Gasteiger partial charge in [0, 0.05) is 11.5 Å². The molecule has 0 bridgehead atoms. The van der Waals surface area contributed by atoms with Crippen LogP contribution in [-0.4, -0.2) is 11.5 Å². The zero-order valence-electron chi connectivity index (χ0n) is 9.22. The maximum atomic E-state index is 2.02. The van der Waals surface area contributed by atoms with Gasteiger partial charge >= 0.3 is 0 Å². The molecule has 16 heavy (non-hydrogen) atoms. The van der Waals surface area contributed by atoms with Gasteiger partial charge in [-0.25, -0.2) is 0 Å². The highest BCUT2D eigenvalue weighted by molar-refractivity contribution is 9.45. The molecule has 1 aliphatic rings. The second-order valence-electron chi connectivity index (χ2n) is 3.46. The molecule has 0 saturated carbocycles. The molecule has 0 radical (unpaired) electrons. The number of hydrogen-bond donors (Lipinski definition) is 0. The molecule has 1 rings (SSSR count). The van der Waals surface area contributed by atoms with E-state index in [-0.39, 0.29) is 0 Å². The van der Waals surface area contributed by atoms with E-state index in [4.69, 9.17) is 0 Å². The van der Waals surface area contributed by atoms with Crippen LogP contribution in [0.5, 0.6) is 0 Å². The summed E-state index contributed by atoms with van der Waals surface area (Å²) < 4.78 is 0. The highest BCUT2D eigenvalue weighted by Gasteiger charge is 1.98. The van der Waals surface area contributed by atoms with Crippen LogP contribution in [0.3, 0.4) is 0 Å². The smallest absolute Gasteiger partial charge is 0.00454 e. The first-order valence-electron chi connectivity index (χ1n) is 5.58. The van der Waals surface area contributed by atoms with E-state index in [0.717, 1.165) is 0 Å². The minimum atomic E-state index is 1.32. The molecule has 1 saturated heterocycles. The van der Waals surface area contributed by atoms with Crippen molar-refractivity contribution in [2.45, 2.75) is 44.9 Å². The Balaban J connectivity index is 2.00. The summed E-state index contributed by atoms with van der Waals surface area (Å²) >= 11 is 0. The minimum absolute atomic E-state index is 1.32. The third kappa shape index (κ3) is 11.5. The Bertz CT molecular complexity index is 79.8. The monoisotopic (exact) mass is 350 g/mol. The van der Waals surface area contributed by atoms with Crippen molar-refractivity contribution < 1.29 is 0 Å². The van der Waals surface area contributed by atoms with E-state index in [9.17, 15) is 0 Å². The average molecular weight is 351 g/mol. The van der Waals surface area contributed by atoms with Crippen LogP contribution in [0.25, 0.3) is 0 Å². The van der Waals surface area contributed by atoms with Gasteiger partial charge in [-0.15, -0.1) is 0 Å². The van der Waals surface area contributed by atoms with Crippen molar-refractivity contribution in [2.75, 3.05) is 11.5 Å². The second kappa shape index (κ2) is 13.9. The third-order valence-electron chi connectivity index (χ3n) is 2.16. The highest BCUT2D eigenvalue weighted by Crippen LogP contribution is 2.55. The summed E-state index contributed by atoms with van der Waals surface area (Å²) in [6.07, 6.45) is 10.0. The molecule has 7 heteroatoms. The van der Waals surface area contributed by atoms with E-state index >= 15 is 0 Å². The normalized spacial score (nSPS) is 24.0. The first kappa shape index (κ1) is 16.5. The van der Waals surface area contributed by atoms with E-state index in [1.807, 2.05) is 70.7 Å². The van der Waals surface area contributed by atoms with Crippen LogP contribution < -0.4 is 0 Å². The fourth-order valence-corrected chi connectivity index (χ4v) is 15.8. The predicted molar refractivity (Wildman–Crippen MR) is 95.2 cm³/mol. The van der Waals surface area contributed by atoms with Gasteiger partial charge in [0.1, 0.15) is 0 Å². The molecule has 0 aromatic rings. The molecule has 1 aliphatic heterocycles. The Morgan fingerprint density at radius 2 is 0.750 bits per heavy atom. The van der Waals surface area contributed by atoms with Gasteiger partial charge in [-0.05, 0) is 62.0 Å². The van der Waals surface area contributed by atoms with Crippen molar-refractivity contribution in [2.24, 2.45) is 0 Å². The lowest BCUT2D eigenvalue weighted by Crippen LogP contribution is -1.83. The SMILES string of the molecule is C1CCCCSSSSSSSCCCC1. The van der Waals surface area contributed by atoms with Crippen molar-refractivity contribution in [1.29, 1.82) is 0 Å². The van der Waals surface area contributed by atoms with Gasteiger partial charge in [0.15, 0.2) is 0 Å². The molecule has 0 aliphatic carbocycles. The fourth-order valence-electron chi connectivity index (χ4n) is 1.35. The Kier molecular flexibility index (Phi) is 14.3. The van der Waals surface area contributed by atoms with E-state index in [0.29, 0.717) is 0 Å². The Morgan fingerprint density at radius 1 is 0.375 bits per heavy atom. The van der Waals surface area contributed by atoms with Crippen molar-refractivity contribution in [1.82, 2.24) is 0 Å². The maximum Gasteiger partial charge on any atom is 0.00454 e. The molecule has 0 aromatic heterocycles. The van der Waals surface area contributed by atoms with Gasteiger partial charge in [-0.2, -0.15) is 0 Å². The summed E-state index contributed by atoms with van der Waals surface area (Å²) in [7, 11) is 13.7. The first-order chi connectivity index (χ1) is 8.00. The Morgan fingerprint density at radius 3 is 1.25 bits per heavy atom. The maximum absolute atomic E-state index is 2.02. The molecule has 0 unspecified atom stereocenters. The lowest BCUT2D eigenvalue weighted by atomic mass is 10.1. The highest BCUT2D eigenvalue weighted by atomic mass is 33.9. The summed E-state index contributed by atoms with van der Waals surface area (Å²) in [5, 5.41) is 0. The molecule has 1 heterocycles. The van der Waals surface area contributed by atoms with E-state index < -0.39 is 0 Å². The third-order valence-corrected chi connectivity index (χ3v) is 15.5. The van der Waals surface area contributed by atoms with Gasteiger partial charge in [-0.1, -0.05) is 53.7 Å². The molecule has 0 amide bonds. The van der Waals surface area contributed by atoms with Crippen molar-refractivity contribution in [3.05, 3.63) is 0 Å². The van der Waals surface area contributed by atoms with Crippen LogP contribution >= 0.6 is 70.7 Å². The van der Waals surface area contributed by atoms with Crippen molar-refractivity contribution in [3.63, 3.8) is 0 Å². The summed E-state index contributed by atoms with van der Waals surface area (Å²) in [4.78, 5) is 0. The quantitative estimate of drug-likeness (QED) is 0.413. The summed E-state index contributed by atoms with van der Waals surface area (Å²) in [6, 6.07) is 0. The zero-order chi connectivity index (χ0) is 11.3. The van der Waals surface area contributed by atoms with Gasteiger partial charge < -0.3 is 0 Å². The van der Waals surface area contributed by atoms with Crippen molar-refractivity contribution in [3.8, 4) is 0 Å². The van der Waals surface area contributed by atoms with E-state index in [1.165, 1.54) is 56.5 Å². The largest absolute Gasteiger partial charge is 0.0817 e. The molecular weight excluding hydrogens is 333 g/mol. The Labute approximate surface area is 126 Å². The van der Waals surface area contributed by atoms with Gasteiger partial charge in [-0.3, -0.25) is 0 Å². The molecule has 96 valence electrons. The van der Waals surface area contributed by atoms with Crippen LogP contribution in [0.2, 0.25) is 0 Å². The summed E-state index contributed by atoms with van der Waals surface area (Å²) in [5.74, 6) is 2.65. The van der Waals surface area contributed by atoms with Gasteiger partial charge in [0.2, 0.25) is 0 Å². The van der Waals surface area contributed by atoms with Crippen molar-refractivity contribution >= 4 is 70.7 Å². The average Bonchev–Trinajstić information content (AvgIpc) is 2.29. The summed E-state index contributed by atoms with van der Waals surface area (Å²) in [6.45, 7) is 0. The number of hydrogen-bond acceptors (Lipinski definition) is 7. The number of rotatable bonds is 0. The van der Waals surface area contributed by atoms with Gasteiger partial charge in [0.05, 0.1) is 0 Å². The molecular formula is C9H18S7. The van der Waals surface area contributed by atoms with E-state index in [2.05, 4.69) is 0 Å². The van der Waals surface area contributed by atoms with Crippen LogP contribution in [0.1, 0.15) is 44.9 Å². The topological polar surface area (TPSA) is 0 Å². The van der Waals surface area contributed by atoms with Gasteiger partial charge in [0.25, 0.3) is 0 Å².